The molecule has 1 aliphatic rings. The van der Waals surface area contributed by atoms with E-state index in [1.54, 1.807) is 6.20 Å². The van der Waals surface area contributed by atoms with Crippen LogP contribution in [-0.4, -0.2) is 33.1 Å². The molecule has 0 aliphatic carbocycles. The molecule has 30 heavy (non-hydrogen) atoms. The van der Waals surface area contributed by atoms with Gasteiger partial charge in [0.2, 0.25) is 0 Å². The molecule has 1 aliphatic heterocycles. The largest absolute Gasteiger partial charge is 0.493 e. The second kappa shape index (κ2) is 7.30. The molecule has 3 heterocycles. The number of hydrogen-bond donors (Lipinski definition) is 1. The molecule has 0 saturated carbocycles. The Balaban J connectivity index is 1.49. The van der Waals surface area contributed by atoms with Crippen LogP contribution in [0.4, 0.5) is 0 Å². The minimum Gasteiger partial charge on any atom is -0.493 e. The van der Waals surface area contributed by atoms with Crippen molar-refractivity contribution < 1.29 is 9.53 Å². The van der Waals surface area contributed by atoms with E-state index in [-0.39, 0.29) is 17.9 Å². The zero-order valence-electron chi connectivity index (χ0n) is 16.9. The van der Waals surface area contributed by atoms with Crippen molar-refractivity contribution in [2.75, 3.05) is 6.61 Å². The Morgan fingerprint density at radius 2 is 2.00 bits per heavy atom. The van der Waals surface area contributed by atoms with Gasteiger partial charge in [-0.2, -0.15) is 0 Å². The molecule has 0 saturated heterocycles. The summed E-state index contributed by atoms with van der Waals surface area (Å²) in [4.78, 5) is 22.3. The van der Waals surface area contributed by atoms with Crippen LogP contribution in [-0.2, 0) is 0 Å². The highest BCUT2D eigenvalue weighted by atomic mass is 16.5. The van der Waals surface area contributed by atoms with Crippen molar-refractivity contribution in [1.82, 2.24) is 19.9 Å². The van der Waals surface area contributed by atoms with Crippen molar-refractivity contribution in [2.24, 2.45) is 0 Å². The molecule has 0 bridgehead atoms. The Labute approximate surface area is 174 Å². The summed E-state index contributed by atoms with van der Waals surface area (Å²) in [6.07, 6.45) is 3.58. The number of nitrogens with zero attached hydrogens (tertiary/aromatic N) is 3. The lowest BCUT2D eigenvalue weighted by Gasteiger charge is -2.20. The lowest BCUT2D eigenvalue weighted by atomic mass is 9.94. The number of carbonyl (C=O) groups excluding carboxylic acids is 1. The van der Waals surface area contributed by atoms with Gasteiger partial charge in [0.05, 0.1) is 17.7 Å². The number of benzene rings is 2. The molecule has 2 atom stereocenters. The summed E-state index contributed by atoms with van der Waals surface area (Å²) in [5.41, 5.74) is 2.51. The van der Waals surface area contributed by atoms with Gasteiger partial charge < -0.3 is 10.1 Å². The Bertz CT molecular complexity index is 1250. The van der Waals surface area contributed by atoms with Crippen LogP contribution in [0, 0.1) is 6.92 Å². The zero-order valence-corrected chi connectivity index (χ0v) is 16.9. The number of rotatable bonds is 4. The van der Waals surface area contributed by atoms with Gasteiger partial charge in [0.1, 0.15) is 17.4 Å². The molecule has 2 aromatic heterocycles. The molecule has 2 unspecified atom stereocenters. The van der Waals surface area contributed by atoms with Gasteiger partial charge in [-0.3, -0.25) is 9.36 Å². The average Bonchev–Trinajstić information content (AvgIpc) is 3.39. The second-order valence-corrected chi connectivity index (χ2v) is 7.61. The minimum absolute atomic E-state index is 0.0773. The fourth-order valence-corrected chi connectivity index (χ4v) is 4.08. The Morgan fingerprint density at radius 1 is 1.20 bits per heavy atom. The number of pyridine rings is 1. The topological polar surface area (TPSA) is 69.0 Å². The highest BCUT2D eigenvalue weighted by molar-refractivity contribution is 6.06. The third-order valence-electron chi connectivity index (χ3n) is 5.72. The molecule has 0 spiro atoms. The monoisotopic (exact) mass is 398 g/mol. The number of para-hydroxylation sites is 2. The maximum absolute atomic E-state index is 13.3. The first kappa shape index (κ1) is 18.4. The lowest BCUT2D eigenvalue weighted by Crippen LogP contribution is -2.37. The molecular weight excluding hydrogens is 376 g/mol. The number of amides is 1. The zero-order chi connectivity index (χ0) is 20.7. The van der Waals surface area contributed by atoms with Gasteiger partial charge in [0.25, 0.3) is 5.91 Å². The van der Waals surface area contributed by atoms with Crippen LogP contribution >= 0.6 is 0 Å². The van der Waals surface area contributed by atoms with Gasteiger partial charge in [-0.15, -0.1) is 0 Å². The highest BCUT2D eigenvalue weighted by Gasteiger charge is 2.30. The van der Waals surface area contributed by atoms with Crippen LogP contribution in [0.1, 0.15) is 34.6 Å². The maximum Gasteiger partial charge on any atom is 0.252 e. The fourth-order valence-electron chi connectivity index (χ4n) is 4.08. The first-order valence-corrected chi connectivity index (χ1v) is 10.0. The standard InChI is InChI=1S/C24H22N4O2/c1-15(20-14-30-22-10-6-4-8-18(20)22)26-24(29)19-13-23(28-12-11-25-16(28)2)27-21-9-5-3-7-17(19)21/h3-13,15,20H,14H2,1-2H3,(H,26,29). The Kier molecular flexibility index (Phi) is 4.47. The Morgan fingerprint density at radius 3 is 2.83 bits per heavy atom. The second-order valence-electron chi connectivity index (χ2n) is 7.61. The van der Waals surface area contributed by atoms with Crippen molar-refractivity contribution in [2.45, 2.75) is 25.8 Å². The number of aryl methyl sites for hydroxylation is 1. The summed E-state index contributed by atoms with van der Waals surface area (Å²) >= 11 is 0. The number of imidazole rings is 1. The van der Waals surface area contributed by atoms with Crippen LogP contribution in [0.3, 0.4) is 0 Å². The number of fused-ring (bicyclic) bond motifs is 2. The summed E-state index contributed by atoms with van der Waals surface area (Å²) in [6, 6.07) is 17.5. The normalized spacial score (nSPS) is 16.1. The molecule has 0 radical (unpaired) electrons. The number of ether oxygens (including phenoxy) is 1. The number of hydrogen-bond acceptors (Lipinski definition) is 4. The van der Waals surface area contributed by atoms with E-state index in [1.165, 1.54) is 0 Å². The van der Waals surface area contributed by atoms with E-state index < -0.39 is 0 Å². The molecule has 5 rings (SSSR count). The molecule has 1 amide bonds. The summed E-state index contributed by atoms with van der Waals surface area (Å²) in [5.74, 6) is 2.39. The van der Waals surface area contributed by atoms with E-state index >= 15 is 0 Å². The van der Waals surface area contributed by atoms with Gasteiger partial charge in [0, 0.05) is 35.3 Å². The van der Waals surface area contributed by atoms with E-state index in [0.29, 0.717) is 18.0 Å². The van der Waals surface area contributed by atoms with Gasteiger partial charge in [-0.05, 0) is 32.0 Å². The predicted molar refractivity (Wildman–Crippen MR) is 115 cm³/mol. The van der Waals surface area contributed by atoms with Crippen LogP contribution in [0.15, 0.2) is 67.0 Å². The van der Waals surface area contributed by atoms with Crippen LogP contribution in [0.2, 0.25) is 0 Å². The van der Waals surface area contributed by atoms with E-state index in [1.807, 2.05) is 73.1 Å². The van der Waals surface area contributed by atoms with Crippen molar-refractivity contribution in [3.63, 3.8) is 0 Å². The summed E-state index contributed by atoms with van der Waals surface area (Å²) in [5, 5.41) is 4.01. The average molecular weight is 398 g/mol. The van der Waals surface area contributed by atoms with Crippen LogP contribution in [0.5, 0.6) is 5.75 Å². The van der Waals surface area contributed by atoms with Crippen molar-refractivity contribution in [3.8, 4) is 11.6 Å². The fraction of sp³-hybridized carbons (Fsp3) is 0.208. The predicted octanol–water partition coefficient (Wildman–Crippen LogP) is 4.02. The van der Waals surface area contributed by atoms with Crippen molar-refractivity contribution >= 4 is 16.8 Å². The number of carbonyl (C=O) groups is 1. The molecule has 6 heteroatoms. The minimum atomic E-state index is -0.121. The number of nitrogens with one attached hydrogen (secondary N) is 1. The first-order valence-electron chi connectivity index (χ1n) is 10.0. The quantitative estimate of drug-likeness (QED) is 0.564. The lowest BCUT2D eigenvalue weighted by molar-refractivity contribution is 0.0934. The highest BCUT2D eigenvalue weighted by Crippen LogP contribution is 2.35. The van der Waals surface area contributed by atoms with Gasteiger partial charge in [0.15, 0.2) is 0 Å². The third kappa shape index (κ3) is 3.10. The smallest absolute Gasteiger partial charge is 0.252 e. The third-order valence-corrected chi connectivity index (χ3v) is 5.72. The van der Waals surface area contributed by atoms with Crippen LogP contribution < -0.4 is 10.1 Å². The molecular formula is C24H22N4O2. The molecule has 0 fully saturated rings. The SMILES string of the molecule is Cc1nccn1-c1cc(C(=O)NC(C)C2COc3ccccc32)c2ccccc2n1. The van der Waals surface area contributed by atoms with E-state index in [9.17, 15) is 4.79 Å². The van der Waals surface area contributed by atoms with E-state index in [0.717, 1.165) is 28.0 Å². The van der Waals surface area contributed by atoms with Gasteiger partial charge >= 0.3 is 0 Å². The first-order chi connectivity index (χ1) is 14.6. The summed E-state index contributed by atoms with van der Waals surface area (Å²) in [6.45, 7) is 4.51. The van der Waals surface area contributed by atoms with E-state index in [4.69, 9.17) is 9.72 Å². The molecule has 4 aromatic rings. The number of aromatic nitrogens is 3. The molecule has 2 aromatic carbocycles. The molecule has 1 N–H and O–H groups in total. The molecule has 6 nitrogen and oxygen atoms in total. The summed E-state index contributed by atoms with van der Waals surface area (Å²) < 4.78 is 7.68. The van der Waals surface area contributed by atoms with E-state index in [2.05, 4.69) is 16.4 Å². The summed E-state index contributed by atoms with van der Waals surface area (Å²) in [7, 11) is 0. The van der Waals surface area contributed by atoms with Gasteiger partial charge in [-0.1, -0.05) is 36.4 Å². The van der Waals surface area contributed by atoms with Gasteiger partial charge in [-0.25, -0.2) is 9.97 Å². The van der Waals surface area contributed by atoms with Crippen molar-refractivity contribution in [3.05, 3.63) is 83.9 Å². The maximum atomic E-state index is 13.3. The van der Waals surface area contributed by atoms with Crippen molar-refractivity contribution in [1.29, 1.82) is 0 Å². The van der Waals surface area contributed by atoms with Crippen LogP contribution in [0.25, 0.3) is 16.7 Å². The molecule has 150 valence electrons. The Hall–Kier alpha value is -3.67.